The average molecular weight is 984 g/mol. The van der Waals surface area contributed by atoms with Crippen molar-refractivity contribution in [2.45, 2.75) is 101 Å². The van der Waals surface area contributed by atoms with E-state index in [-0.39, 0.29) is 45.4 Å². The molecule has 0 radical (unpaired) electrons. The Morgan fingerprint density at radius 2 is 1.78 bits per heavy atom. The fourth-order valence-corrected chi connectivity index (χ4v) is 14.6. The third-order valence-electron chi connectivity index (χ3n) is 7.61. The van der Waals surface area contributed by atoms with Gasteiger partial charge in [-0.25, -0.2) is 4.79 Å². The molecule has 0 saturated heterocycles. The Balaban J connectivity index is 1.63. The summed E-state index contributed by atoms with van der Waals surface area (Å²) in [4.78, 5) is 89.9. The number of aromatic amines is 1. The number of hydrogen-bond donors (Lipinski definition) is 7. The van der Waals surface area contributed by atoms with Crippen LogP contribution in [0.5, 0.6) is 0 Å². The molecule has 26 heteroatoms. The van der Waals surface area contributed by atoms with Crippen molar-refractivity contribution in [3.05, 3.63) is 56.6 Å². The first-order valence-corrected chi connectivity index (χ1v) is 28.7. The molecule has 0 saturated carbocycles. The molecule has 0 spiro atoms. The van der Waals surface area contributed by atoms with Crippen LogP contribution in [-0.4, -0.2) is 106 Å². The number of ether oxygens (including phenoxy) is 4. The van der Waals surface area contributed by atoms with Crippen LogP contribution in [0.25, 0.3) is 0 Å². The molecule has 1 aromatic heterocycles. The molecule has 1 aliphatic heterocycles. The second kappa shape index (κ2) is 22.1. The van der Waals surface area contributed by atoms with Gasteiger partial charge in [-0.1, -0.05) is 33.7 Å². The second-order valence-corrected chi connectivity index (χ2v) is 27.7. The van der Waals surface area contributed by atoms with Crippen LogP contribution in [0.3, 0.4) is 0 Å². The molecule has 3 rings (SSSR count). The third-order valence-corrected chi connectivity index (χ3v) is 19.0. The van der Waals surface area contributed by atoms with Gasteiger partial charge in [0, 0.05) is 11.3 Å². The third kappa shape index (κ3) is 20.1. The van der Waals surface area contributed by atoms with E-state index in [9.17, 15) is 33.6 Å². The summed E-state index contributed by atoms with van der Waals surface area (Å²) in [5.41, 5.74) is -3.36. The van der Waals surface area contributed by atoms with E-state index in [1.165, 1.54) is 62.4 Å². The van der Waals surface area contributed by atoms with Crippen molar-refractivity contribution in [2.24, 2.45) is 0 Å². The van der Waals surface area contributed by atoms with E-state index in [0.717, 1.165) is 36.7 Å². The summed E-state index contributed by atoms with van der Waals surface area (Å²) in [7, 11) is -10.3. The number of amides is 1. The van der Waals surface area contributed by atoms with Gasteiger partial charge in [-0.15, -0.1) is 0 Å². The summed E-state index contributed by atoms with van der Waals surface area (Å²) < 4.78 is 49.3. The summed E-state index contributed by atoms with van der Waals surface area (Å²) in [6.07, 6.45) is 13.0. The molecule has 0 fully saturated rings. The zero-order valence-electron chi connectivity index (χ0n) is 34.4. The molecule has 7 N–H and O–H groups in total. The van der Waals surface area contributed by atoms with Crippen molar-refractivity contribution in [3.63, 3.8) is 0 Å². The maximum absolute atomic E-state index is 13.1. The van der Waals surface area contributed by atoms with Crippen molar-refractivity contribution in [3.8, 4) is 11.8 Å². The number of phosphoric acid groups is 1. The van der Waals surface area contributed by atoms with Crippen LogP contribution in [0.2, 0.25) is 0 Å². The SMILES string of the molecule is C=P(O)(OCC1O[C@](C)(n2cc(C#CCOCSSC(C)(C)CNC(=O)OC3CCC=CCCC3)c(=O)[nH]c2=O)C=C1OCSSC(C)(C)C)OP(C)(O)(O)OP(=O)(O)O. The van der Waals surface area contributed by atoms with E-state index in [1.807, 2.05) is 34.6 Å². The van der Waals surface area contributed by atoms with E-state index in [0.29, 0.717) is 13.2 Å². The van der Waals surface area contributed by atoms with Crippen molar-refractivity contribution >= 4 is 78.5 Å². The van der Waals surface area contributed by atoms with E-state index >= 15 is 0 Å². The van der Waals surface area contributed by atoms with Crippen LogP contribution < -0.4 is 16.6 Å². The Labute approximate surface area is 365 Å². The van der Waals surface area contributed by atoms with E-state index in [4.69, 9.17) is 37.6 Å². The topological polar surface area (TPSA) is 267 Å². The first-order chi connectivity index (χ1) is 27.5. The fourth-order valence-electron chi connectivity index (χ4n) is 5.25. The van der Waals surface area contributed by atoms with Gasteiger partial charge < -0.3 is 14.8 Å². The monoisotopic (exact) mass is 983 g/mol. The molecule has 19 nitrogen and oxygen atoms in total. The second-order valence-electron chi connectivity index (χ2n) is 15.4. The van der Waals surface area contributed by atoms with Crippen LogP contribution >= 0.6 is 66.1 Å². The van der Waals surface area contributed by atoms with Gasteiger partial charge in [0.05, 0.1) is 0 Å². The maximum atomic E-state index is 13.1. The normalized spacial score (nSPS) is 21.9. The number of rotatable bonds is 20. The van der Waals surface area contributed by atoms with Crippen LogP contribution in [0.4, 0.5) is 4.79 Å². The Morgan fingerprint density at radius 1 is 1.10 bits per heavy atom. The van der Waals surface area contributed by atoms with Gasteiger partial charge in [0.25, 0.3) is 0 Å². The average Bonchev–Trinajstić information content (AvgIpc) is 3.39. The van der Waals surface area contributed by atoms with Crippen LogP contribution in [0.15, 0.2) is 39.8 Å². The molecule has 0 bridgehead atoms. The van der Waals surface area contributed by atoms with Crippen molar-refractivity contribution in [1.29, 1.82) is 0 Å². The summed E-state index contributed by atoms with van der Waals surface area (Å²) in [5.74, 6) is 5.92. The molecule has 4 atom stereocenters. The molecule has 2 heterocycles. The zero-order valence-corrected chi connectivity index (χ0v) is 40.3. The number of hydrogen-bond acceptors (Lipinski definition) is 18. The number of nitrogens with one attached hydrogen (secondary N) is 2. The molecule has 0 aromatic carbocycles. The van der Waals surface area contributed by atoms with Gasteiger partial charge >= 0.3 is 238 Å². The number of allylic oxidation sites excluding steroid dienone is 2. The molecule has 1 aliphatic carbocycles. The number of H-pyrrole nitrogens is 1. The quantitative estimate of drug-likeness (QED) is 0.0200. The summed E-state index contributed by atoms with van der Waals surface area (Å²) in [5, 5.41) is 2.85. The van der Waals surface area contributed by atoms with Gasteiger partial charge in [-0.05, 0) is 46.0 Å². The number of nitrogens with zero attached hydrogens (tertiary/aromatic N) is 1. The molecule has 60 heavy (non-hydrogen) atoms. The standard InChI is InChI=1S/C34H56N3O16P3S4/c1-32(2,3)59-58-24-48-27-19-34(6,51-28(27)21-49-54(7,41)52-56(8,45,46)53-55(42,43)44)37-20-25(29(38)36-30(37)39)15-14-18-47-23-57-60-33(4,5)22-35-31(40)50-26-16-12-10-9-11-13-17-26/h9-10,19-20,26,28,41,45-46H,7,11-13,16-18,21-24H2,1-6,8H3,(H,35,40)(H,36,38,39)(H2,42,43,44)/t26?,28?,34-,54?/m0/s1. The van der Waals surface area contributed by atoms with Gasteiger partial charge in [0.1, 0.15) is 18.6 Å². The van der Waals surface area contributed by atoms with Crippen molar-refractivity contribution < 1.29 is 65.9 Å². The van der Waals surface area contributed by atoms with Crippen LogP contribution in [-0.2, 0) is 42.4 Å². The van der Waals surface area contributed by atoms with E-state index < -0.39 is 58.7 Å². The minimum absolute atomic E-state index is 0.0504. The number of alkyl carbamates (subject to hydrolysis) is 1. The Kier molecular flexibility index (Phi) is 19.5. The molecule has 342 valence electrons. The summed E-state index contributed by atoms with van der Waals surface area (Å²) in [6, 6.07) is 0. The first-order valence-electron chi connectivity index (χ1n) is 18.3. The Morgan fingerprint density at radius 3 is 2.47 bits per heavy atom. The van der Waals surface area contributed by atoms with E-state index in [2.05, 4.69) is 44.9 Å². The number of carbonyl (C=O) groups is 1. The van der Waals surface area contributed by atoms with Gasteiger partial charge in [-0.2, -0.15) is 0 Å². The minimum atomic E-state index is -6.11. The number of aromatic nitrogens is 2. The number of carbonyl (C=O) groups excluding carboxylic acids is 1. The van der Waals surface area contributed by atoms with E-state index in [1.54, 1.807) is 0 Å². The zero-order chi connectivity index (χ0) is 45.1. The molecule has 1 aromatic rings. The fraction of sp³-hybridized carbons (Fsp3) is 0.647. The molecule has 3 unspecified atom stereocenters. The summed E-state index contributed by atoms with van der Waals surface area (Å²) in [6.45, 7) is 11.6. The summed E-state index contributed by atoms with van der Waals surface area (Å²) >= 11 is 0. The molecular weight excluding hydrogens is 928 g/mol. The Hall–Kier alpha value is -1.25. The van der Waals surface area contributed by atoms with Crippen molar-refractivity contribution in [2.75, 3.05) is 38.3 Å². The predicted octanol–water partition coefficient (Wildman–Crippen LogP) is 5.90. The van der Waals surface area contributed by atoms with Crippen molar-refractivity contribution in [1.82, 2.24) is 14.9 Å². The molecular formula is C34H56N3O16P3S4. The first kappa shape index (κ1) is 53.1. The Bertz CT molecular complexity index is 1980. The van der Waals surface area contributed by atoms with Crippen LogP contribution in [0.1, 0.15) is 79.2 Å². The van der Waals surface area contributed by atoms with Gasteiger partial charge in [0.15, 0.2) is 0 Å². The van der Waals surface area contributed by atoms with Gasteiger partial charge in [0.2, 0.25) is 0 Å². The van der Waals surface area contributed by atoms with Crippen LogP contribution in [0, 0.1) is 11.8 Å². The predicted molar refractivity (Wildman–Crippen MR) is 240 cm³/mol. The molecule has 1 amide bonds. The van der Waals surface area contributed by atoms with Gasteiger partial charge in [-0.3, -0.25) is 0 Å². The molecule has 2 aliphatic rings.